The highest BCUT2D eigenvalue weighted by molar-refractivity contribution is 5.93. The van der Waals surface area contributed by atoms with Crippen LogP contribution >= 0.6 is 0 Å². The van der Waals surface area contributed by atoms with Gasteiger partial charge in [0.05, 0.1) is 5.97 Å². The summed E-state index contributed by atoms with van der Waals surface area (Å²) in [5.41, 5.74) is 1.49. The third-order valence-corrected chi connectivity index (χ3v) is 3.16. The van der Waals surface area contributed by atoms with Crippen LogP contribution in [0, 0.1) is 0 Å². The number of fused-ring (bicyclic) bond motifs is 1. The Hall–Kier alpha value is -3.08. The lowest BCUT2D eigenvalue weighted by Crippen LogP contribution is -2.28. The van der Waals surface area contributed by atoms with E-state index in [9.17, 15) is 14.7 Å². The fourth-order valence-electron chi connectivity index (χ4n) is 2.23. The number of carboxylic acid groups (broad SMARTS) is 1. The van der Waals surface area contributed by atoms with Crippen molar-refractivity contribution >= 4 is 16.9 Å². The van der Waals surface area contributed by atoms with Gasteiger partial charge in [0.2, 0.25) is 0 Å². The Morgan fingerprint density at radius 3 is 2.59 bits per heavy atom. The third kappa shape index (κ3) is 2.83. The number of ether oxygens (including phenoxy) is 1. The summed E-state index contributed by atoms with van der Waals surface area (Å²) in [7, 11) is 0. The van der Waals surface area contributed by atoms with Crippen LogP contribution < -0.4 is 15.5 Å². The van der Waals surface area contributed by atoms with E-state index < -0.39 is 18.2 Å². The molecule has 0 amide bonds. The van der Waals surface area contributed by atoms with Crippen molar-refractivity contribution in [1.29, 1.82) is 0 Å². The van der Waals surface area contributed by atoms with Crippen LogP contribution in [0.2, 0.25) is 0 Å². The van der Waals surface area contributed by atoms with Gasteiger partial charge in [-0.1, -0.05) is 30.3 Å². The lowest BCUT2D eigenvalue weighted by molar-refractivity contribution is -0.307. The maximum absolute atomic E-state index is 11.7. The van der Waals surface area contributed by atoms with Crippen LogP contribution in [0.5, 0.6) is 5.75 Å². The molecule has 3 rings (SSSR count). The van der Waals surface area contributed by atoms with E-state index in [0.29, 0.717) is 11.3 Å². The molecule has 1 heterocycles. The van der Waals surface area contributed by atoms with Gasteiger partial charge in [-0.15, -0.1) is 0 Å². The first-order valence-electron chi connectivity index (χ1n) is 6.59. The summed E-state index contributed by atoms with van der Waals surface area (Å²) in [6, 6.07) is 15.7. The molecule has 0 aliphatic heterocycles. The first-order valence-corrected chi connectivity index (χ1v) is 6.59. The standard InChI is InChI=1S/C17H12O5/c18-16(19)10-21-12-6-7-13-14(11-4-2-1-3-5-11)9-17(20)22-15(13)8-12/h1-9H,10H2,(H,18,19)/p-1. The van der Waals surface area contributed by atoms with Crippen molar-refractivity contribution in [2.75, 3.05) is 6.61 Å². The van der Waals surface area contributed by atoms with E-state index in [4.69, 9.17) is 9.15 Å². The summed E-state index contributed by atoms with van der Waals surface area (Å²) in [6.07, 6.45) is 0. The van der Waals surface area contributed by atoms with E-state index in [1.807, 2.05) is 30.3 Å². The van der Waals surface area contributed by atoms with Crippen LogP contribution in [-0.4, -0.2) is 12.6 Å². The molecule has 0 N–H and O–H groups in total. The number of carbonyl (C=O) groups excluding carboxylic acids is 1. The van der Waals surface area contributed by atoms with E-state index in [1.54, 1.807) is 12.1 Å². The highest BCUT2D eigenvalue weighted by atomic mass is 16.5. The molecule has 3 aromatic rings. The fraction of sp³-hybridized carbons (Fsp3) is 0.0588. The summed E-state index contributed by atoms with van der Waals surface area (Å²) < 4.78 is 10.2. The SMILES string of the molecule is O=C([O-])COc1ccc2c(-c3ccccc3)cc(=O)oc2c1. The lowest BCUT2D eigenvalue weighted by atomic mass is 10.0. The number of rotatable bonds is 4. The molecule has 5 nitrogen and oxygen atoms in total. The summed E-state index contributed by atoms with van der Waals surface area (Å²) in [4.78, 5) is 22.2. The molecule has 0 aliphatic carbocycles. The van der Waals surface area contributed by atoms with E-state index in [2.05, 4.69) is 0 Å². The van der Waals surface area contributed by atoms with Gasteiger partial charge in [-0.05, 0) is 23.3 Å². The predicted octanol–water partition coefficient (Wildman–Crippen LogP) is 1.59. The number of hydrogen-bond donors (Lipinski definition) is 0. The lowest BCUT2D eigenvalue weighted by Gasteiger charge is -2.09. The molecule has 0 radical (unpaired) electrons. The molecule has 110 valence electrons. The zero-order valence-corrected chi connectivity index (χ0v) is 11.4. The highest BCUT2D eigenvalue weighted by Gasteiger charge is 2.09. The number of carboxylic acids is 1. The van der Waals surface area contributed by atoms with Gasteiger partial charge in [0.25, 0.3) is 0 Å². The molecule has 0 saturated carbocycles. The molecule has 0 spiro atoms. The normalized spacial score (nSPS) is 10.5. The van der Waals surface area contributed by atoms with E-state index in [0.717, 1.165) is 16.5 Å². The van der Waals surface area contributed by atoms with Crippen molar-refractivity contribution in [1.82, 2.24) is 0 Å². The van der Waals surface area contributed by atoms with E-state index in [1.165, 1.54) is 12.1 Å². The predicted molar refractivity (Wildman–Crippen MR) is 78.4 cm³/mol. The first-order chi connectivity index (χ1) is 10.6. The monoisotopic (exact) mass is 295 g/mol. The Bertz CT molecular complexity index is 880. The fourth-order valence-corrected chi connectivity index (χ4v) is 2.23. The molecular weight excluding hydrogens is 284 g/mol. The van der Waals surface area contributed by atoms with Crippen molar-refractivity contribution in [3.05, 3.63) is 65.0 Å². The van der Waals surface area contributed by atoms with Crippen LogP contribution in [0.15, 0.2) is 63.8 Å². The molecule has 22 heavy (non-hydrogen) atoms. The van der Waals surface area contributed by atoms with Crippen LogP contribution in [0.1, 0.15) is 0 Å². The Morgan fingerprint density at radius 2 is 1.86 bits per heavy atom. The van der Waals surface area contributed by atoms with Crippen molar-refractivity contribution < 1.29 is 19.1 Å². The van der Waals surface area contributed by atoms with Crippen molar-refractivity contribution in [3.8, 4) is 16.9 Å². The summed E-state index contributed by atoms with van der Waals surface area (Å²) in [5.74, 6) is -1.02. The van der Waals surface area contributed by atoms with Gasteiger partial charge in [0.1, 0.15) is 17.9 Å². The van der Waals surface area contributed by atoms with Gasteiger partial charge >= 0.3 is 5.63 Å². The third-order valence-electron chi connectivity index (χ3n) is 3.16. The number of hydrogen-bond acceptors (Lipinski definition) is 5. The van der Waals surface area contributed by atoms with E-state index in [-0.39, 0.29) is 0 Å². The molecule has 2 aromatic carbocycles. The molecular formula is C17H11O5-. The molecule has 0 saturated heterocycles. The Balaban J connectivity index is 2.11. The second-order valence-electron chi connectivity index (χ2n) is 4.66. The van der Waals surface area contributed by atoms with Crippen LogP contribution in [0.3, 0.4) is 0 Å². The average molecular weight is 295 g/mol. The van der Waals surface area contributed by atoms with Gasteiger partial charge in [-0.3, -0.25) is 0 Å². The average Bonchev–Trinajstić information content (AvgIpc) is 2.52. The van der Waals surface area contributed by atoms with Gasteiger partial charge in [-0.2, -0.15) is 0 Å². The smallest absolute Gasteiger partial charge is 0.336 e. The maximum atomic E-state index is 11.7. The second kappa shape index (κ2) is 5.73. The molecule has 0 unspecified atom stereocenters. The second-order valence-corrected chi connectivity index (χ2v) is 4.66. The molecule has 0 fully saturated rings. The van der Waals surface area contributed by atoms with Gasteiger partial charge < -0.3 is 19.1 Å². The Labute approximate surface area is 125 Å². The minimum atomic E-state index is -1.32. The topological polar surface area (TPSA) is 79.6 Å². The van der Waals surface area contributed by atoms with E-state index >= 15 is 0 Å². The summed E-state index contributed by atoms with van der Waals surface area (Å²) in [6.45, 7) is -0.561. The van der Waals surface area contributed by atoms with Crippen LogP contribution in [0.4, 0.5) is 0 Å². The van der Waals surface area contributed by atoms with Crippen LogP contribution in [-0.2, 0) is 4.79 Å². The van der Waals surface area contributed by atoms with Gasteiger partial charge in [0, 0.05) is 17.5 Å². The van der Waals surface area contributed by atoms with Gasteiger partial charge in [0.15, 0.2) is 0 Å². The Morgan fingerprint density at radius 1 is 1.09 bits per heavy atom. The zero-order chi connectivity index (χ0) is 15.5. The highest BCUT2D eigenvalue weighted by Crippen LogP contribution is 2.29. The number of carbonyl (C=O) groups is 1. The molecule has 0 atom stereocenters. The van der Waals surface area contributed by atoms with Crippen molar-refractivity contribution in [3.63, 3.8) is 0 Å². The quantitative estimate of drug-likeness (QED) is 0.683. The maximum Gasteiger partial charge on any atom is 0.336 e. The molecule has 5 heteroatoms. The minimum Gasteiger partial charge on any atom is -0.546 e. The molecule has 0 bridgehead atoms. The Kier molecular flexibility index (Phi) is 3.62. The summed E-state index contributed by atoms with van der Waals surface area (Å²) >= 11 is 0. The zero-order valence-electron chi connectivity index (χ0n) is 11.4. The summed E-state index contributed by atoms with van der Waals surface area (Å²) in [5, 5.41) is 11.2. The first kappa shape index (κ1) is 13.9. The largest absolute Gasteiger partial charge is 0.546 e. The van der Waals surface area contributed by atoms with Crippen molar-refractivity contribution in [2.45, 2.75) is 0 Å². The minimum absolute atomic E-state index is 0.296. The molecule has 0 aliphatic rings. The van der Waals surface area contributed by atoms with Gasteiger partial charge in [-0.25, -0.2) is 4.79 Å². The number of benzene rings is 2. The van der Waals surface area contributed by atoms with Crippen molar-refractivity contribution in [2.24, 2.45) is 0 Å². The number of aliphatic carboxylic acids is 1. The van der Waals surface area contributed by atoms with Crippen LogP contribution in [0.25, 0.3) is 22.1 Å². The molecule has 1 aromatic heterocycles.